The van der Waals surface area contributed by atoms with Crippen LogP contribution in [0.15, 0.2) is 6.07 Å². The van der Waals surface area contributed by atoms with Gasteiger partial charge in [-0.05, 0) is 63.1 Å². The van der Waals surface area contributed by atoms with Gasteiger partial charge >= 0.3 is 0 Å². The van der Waals surface area contributed by atoms with Crippen LogP contribution >= 0.6 is 0 Å². The summed E-state index contributed by atoms with van der Waals surface area (Å²) in [6, 6.07) is 4.23. The van der Waals surface area contributed by atoms with Crippen LogP contribution in [0.1, 0.15) is 55.3 Å². The SMILES string of the molecule is N#Cc1cc2c(nc1OC1CCCCC1CN)CCCC2. The fourth-order valence-electron chi connectivity index (χ4n) is 3.53. The second-order valence-corrected chi connectivity index (χ2v) is 6.20. The van der Waals surface area contributed by atoms with Crippen molar-refractivity contribution >= 4 is 0 Å². The molecule has 4 nitrogen and oxygen atoms in total. The molecule has 21 heavy (non-hydrogen) atoms. The molecule has 2 aliphatic rings. The molecular formula is C17H23N3O. The first-order valence-electron chi connectivity index (χ1n) is 8.11. The monoisotopic (exact) mass is 285 g/mol. The molecule has 0 spiro atoms. The summed E-state index contributed by atoms with van der Waals surface area (Å²) in [6.07, 6.45) is 9.06. The first-order chi connectivity index (χ1) is 10.3. The fourth-order valence-corrected chi connectivity index (χ4v) is 3.53. The highest BCUT2D eigenvalue weighted by Crippen LogP contribution is 2.31. The van der Waals surface area contributed by atoms with Crippen LogP contribution in [-0.4, -0.2) is 17.6 Å². The molecule has 0 radical (unpaired) electrons. The van der Waals surface area contributed by atoms with Crippen molar-refractivity contribution in [3.8, 4) is 11.9 Å². The number of aromatic nitrogens is 1. The van der Waals surface area contributed by atoms with Crippen molar-refractivity contribution in [2.45, 2.75) is 57.5 Å². The molecule has 3 rings (SSSR count). The van der Waals surface area contributed by atoms with Crippen LogP contribution in [0.4, 0.5) is 0 Å². The molecule has 1 heterocycles. The summed E-state index contributed by atoms with van der Waals surface area (Å²) < 4.78 is 6.13. The molecule has 0 saturated heterocycles. The lowest BCUT2D eigenvalue weighted by Crippen LogP contribution is -2.35. The van der Waals surface area contributed by atoms with E-state index >= 15 is 0 Å². The highest BCUT2D eigenvalue weighted by atomic mass is 16.5. The molecule has 2 unspecified atom stereocenters. The average molecular weight is 285 g/mol. The van der Waals surface area contributed by atoms with Gasteiger partial charge in [-0.2, -0.15) is 5.26 Å². The number of hydrogen-bond acceptors (Lipinski definition) is 4. The molecule has 0 amide bonds. The van der Waals surface area contributed by atoms with Crippen molar-refractivity contribution < 1.29 is 4.74 Å². The van der Waals surface area contributed by atoms with Crippen LogP contribution in [0.3, 0.4) is 0 Å². The van der Waals surface area contributed by atoms with E-state index in [1.807, 2.05) is 6.07 Å². The summed E-state index contributed by atoms with van der Waals surface area (Å²) >= 11 is 0. The number of nitrogens with two attached hydrogens (primary N) is 1. The number of aryl methyl sites for hydroxylation is 2. The molecule has 2 aliphatic carbocycles. The van der Waals surface area contributed by atoms with E-state index in [-0.39, 0.29) is 6.10 Å². The van der Waals surface area contributed by atoms with Gasteiger partial charge in [-0.3, -0.25) is 0 Å². The van der Waals surface area contributed by atoms with E-state index < -0.39 is 0 Å². The van der Waals surface area contributed by atoms with Crippen molar-refractivity contribution in [3.05, 3.63) is 22.9 Å². The van der Waals surface area contributed by atoms with Gasteiger partial charge in [-0.15, -0.1) is 0 Å². The second-order valence-electron chi connectivity index (χ2n) is 6.20. The molecule has 0 aliphatic heterocycles. The molecule has 1 aromatic heterocycles. The summed E-state index contributed by atoms with van der Waals surface area (Å²) in [6.45, 7) is 0.650. The Morgan fingerprint density at radius 2 is 2.05 bits per heavy atom. The predicted molar refractivity (Wildman–Crippen MR) is 81.0 cm³/mol. The summed E-state index contributed by atoms with van der Waals surface area (Å²) in [5.41, 5.74) is 8.79. The van der Waals surface area contributed by atoms with Gasteiger partial charge in [0.15, 0.2) is 0 Å². The van der Waals surface area contributed by atoms with E-state index in [0.29, 0.717) is 23.9 Å². The highest BCUT2D eigenvalue weighted by molar-refractivity contribution is 5.43. The zero-order valence-corrected chi connectivity index (χ0v) is 12.5. The molecule has 4 heteroatoms. The zero-order valence-electron chi connectivity index (χ0n) is 12.5. The Hall–Kier alpha value is -1.60. The van der Waals surface area contributed by atoms with E-state index in [0.717, 1.165) is 31.4 Å². The van der Waals surface area contributed by atoms with Gasteiger partial charge in [0, 0.05) is 11.6 Å². The summed E-state index contributed by atoms with van der Waals surface area (Å²) in [7, 11) is 0. The normalized spacial score (nSPS) is 25.0. The van der Waals surface area contributed by atoms with Gasteiger partial charge in [0.1, 0.15) is 17.7 Å². The Morgan fingerprint density at radius 1 is 1.24 bits per heavy atom. The zero-order chi connectivity index (χ0) is 14.7. The van der Waals surface area contributed by atoms with Gasteiger partial charge in [0.25, 0.3) is 0 Å². The molecule has 1 aromatic rings. The lowest BCUT2D eigenvalue weighted by Gasteiger charge is -2.31. The Balaban J connectivity index is 1.85. The van der Waals surface area contributed by atoms with E-state index in [2.05, 4.69) is 11.1 Å². The molecular weight excluding hydrogens is 262 g/mol. The maximum atomic E-state index is 9.38. The van der Waals surface area contributed by atoms with Crippen LogP contribution in [-0.2, 0) is 12.8 Å². The number of fused-ring (bicyclic) bond motifs is 1. The van der Waals surface area contributed by atoms with E-state index in [1.165, 1.54) is 31.2 Å². The minimum atomic E-state index is 0.116. The summed E-state index contributed by atoms with van der Waals surface area (Å²) in [5, 5.41) is 9.38. The molecule has 112 valence electrons. The van der Waals surface area contributed by atoms with Crippen LogP contribution in [0.2, 0.25) is 0 Å². The van der Waals surface area contributed by atoms with Gasteiger partial charge in [0.2, 0.25) is 5.88 Å². The van der Waals surface area contributed by atoms with E-state index in [9.17, 15) is 5.26 Å². The maximum absolute atomic E-state index is 9.38. The van der Waals surface area contributed by atoms with Crippen LogP contribution in [0.25, 0.3) is 0 Å². The minimum Gasteiger partial charge on any atom is -0.473 e. The quantitative estimate of drug-likeness (QED) is 0.927. The smallest absolute Gasteiger partial charge is 0.232 e. The number of pyridine rings is 1. The molecule has 2 atom stereocenters. The lowest BCUT2D eigenvalue weighted by molar-refractivity contribution is 0.0916. The van der Waals surface area contributed by atoms with Gasteiger partial charge < -0.3 is 10.5 Å². The van der Waals surface area contributed by atoms with Gasteiger partial charge in [0.05, 0.1) is 0 Å². The molecule has 1 fully saturated rings. The van der Waals surface area contributed by atoms with Crippen LogP contribution in [0.5, 0.6) is 5.88 Å². The van der Waals surface area contributed by atoms with Gasteiger partial charge in [-0.1, -0.05) is 6.42 Å². The highest BCUT2D eigenvalue weighted by Gasteiger charge is 2.27. The largest absolute Gasteiger partial charge is 0.473 e. The topological polar surface area (TPSA) is 71.9 Å². The first kappa shape index (κ1) is 14.3. The third-order valence-corrected chi connectivity index (χ3v) is 4.79. The third-order valence-electron chi connectivity index (χ3n) is 4.79. The standard InChI is InChI=1S/C17H23N3O/c18-10-13-6-2-4-8-16(13)21-17-14(11-19)9-12-5-1-3-7-15(12)20-17/h9,13,16H,1-8,10,18H2. The second kappa shape index (κ2) is 6.44. The maximum Gasteiger partial charge on any atom is 0.232 e. The Bertz CT molecular complexity index is 550. The minimum absolute atomic E-state index is 0.116. The Morgan fingerprint density at radius 3 is 2.86 bits per heavy atom. The lowest BCUT2D eigenvalue weighted by atomic mass is 9.86. The first-order valence-corrected chi connectivity index (χ1v) is 8.11. The fraction of sp³-hybridized carbons (Fsp3) is 0.647. The number of hydrogen-bond donors (Lipinski definition) is 1. The van der Waals surface area contributed by atoms with E-state index in [4.69, 9.17) is 10.5 Å². The number of rotatable bonds is 3. The number of nitriles is 1. The van der Waals surface area contributed by atoms with Gasteiger partial charge in [-0.25, -0.2) is 4.98 Å². The van der Waals surface area contributed by atoms with Crippen molar-refractivity contribution in [1.29, 1.82) is 5.26 Å². The number of ether oxygens (including phenoxy) is 1. The summed E-state index contributed by atoms with van der Waals surface area (Å²) in [4.78, 5) is 4.66. The molecule has 1 saturated carbocycles. The average Bonchev–Trinajstić information content (AvgIpc) is 2.54. The third kappa shape index (κ3) is 3.03. The van der Waals surface area contributed by atoms with Crippen LogP contribution < -0.4 is 10.5 Å². The summed E-state index contributed by atoms with van der Waals surface area (Å²) in [5.74, 6) is 0.923. The van der Waals surface area contributed by atoms with Crippen molar-refractivity contribution in [2.24, 2.45) is 11.7 Å². The van der Waals surface area contributed by atoms with Crippen LogP contribution in [0, 0.1) is 17.2 Å². The predicted octanol–water partition coefficient (Wildman–Crippen LogP) is 2.73. The molecule has 0 aromatic carbocycles. The Kier molecular flexibility index (Phi) is 4.40. The van der Waals surface area contributed by atoms with E-state index in [1.54, 1.807) is 0 Å². The van der Waals surface area contributed by atoms with Crippen molar-refractivity contribution in [1.82, 2.24) is 4.98 Å². The van der Waals surface area contributed by atoms with Crippen molar-refractivity contribution in [3.63, 3.8) is 0 Å². The molecule has 0 bridgehead atoms. The number of nitrogens with zero attached hydrogens (tertiary/aromatic N) is 2. The Labute approximate surface area is 126 Å². The van der Waals surface area contributed by atoms with Crippen molar-refractivity contribution in [2.75, 3.05) is 6.54 Å². The molecule has 2 N–H and O–H groups in total.